The fourth-order valence-corrected chi connectivity index (χ4v) is 6.24. The zero-order valence-electron chi connectivity index (χ0n) is 31.0. The Morgan fingerprint density at radius 2 is 1.59 bits per heavy atom. The zero-order valence-corrected chi connectivity index (χ0v) is 31.0. The Morgan fingerprint density at radius 1 is 1.00 bits per heavy atom. The van der Waals surface area contributed by atoms with E-state index in [1.807, 2.05) is 4.90 Å². The Hall–Kier alpha value is -5.14. The number of piperidine rings is 1. The number of aliphatic carboxylic acids is 2. The number of aliphatic hydroxyl groups excluding tert-OH is 5. The summed E-state index contributed by atoms with van der Waals surface area (Å²) < 4.78 is 67.7. The van der Waals surface area contributed by atoms with Crippen LogP contribution in [-0.4, -0.2) is 136 Å². The quantitative estimate of drug-likeness (QED) is 0.0631. The number of H-pyrrole nitrogens is 1. The van der Waals surface area contributed by atoms with Gasteiger partial charge in [0.2, 0.25) is 0 Å². The Labute approximate surface area is 325 Å². The molecule has 18 nitrogen and oxygen atoms in total. The molecule has 1 aliphatic heterocycles. The number of carbonyl (C=O) groups excluding carboxylic acids is 2. The van der Waals surface area contributed by atoms with Gasteiger partial charge in [0.05, 0.1) is 25.8 Å². The van der Waals surface area contributed by atoms with Crippen LogP contribution < -0.4 is 20.7 Å². The van der Waals surface area contributed by atoms with Crippen molar-refractivity contribution in [2.24, 2.45) is 0 Å². The number of anilines is 1. The van der Waals surface area contributed by atoms with Gasteiger partial charge >= 0.3 is 18.3 Å². The molecule has 0 bridgehead atoms. The van der Waals surface area contributed by atoms with Gasteiger partial charge in [-0.05, 0) is 69.5 Å². The number of fused-ring (bicyclic) bond motifs is 2. The number of likely N-dealkylation sites (tertiary alicyclic amines) is 1. The summed E-state index contributed by atoms with van der Waals surface area (Å²) in [5.74, 6) is -4.82. The summed E-state index contributed by atoms with van der Waals surface area (Å²) in [7, 11) is 0. The number of halogens is 6. The number of alkyl halides is 6. The molecule has 322 valence electrons. The number of carboxylic acid groups (broad SMARTS) is 2. The van der Waals surface area contributed by atoms with Gasteiger partial charge < -0.3 is 61.5 Å². The standard InChI is InChI=1S/C30H42N8O6.2C2HF3O2/c1-3-37-20-6-5-18(17-8-11-36(12-9-17)15-22(40)26(42)27(43)23(41)16-39)13-21(20)38(4-2)24(37)14-33-30(44)25-28(31)35-29-19(34-25)7-10-32-29;2*3-2(4,5)1(6)7/h5-7,10,13,17,22-23,26-27,39-43H,3-4,8-9,11-12,14-16H2,1-2H3,(H3-,31,32,33,34,35,44);2*(H,6,7). The van der Waals surface area contributed by atoms with Crippen molar-refractivity contribution in [1.82, 2.24) is 29.7 Å². The van der Waals surface area contributed by atoms with E-state index < -0.39 is 61.2 Å². The van der Waals surface area contributed by atoms with Gasteiger partial charge in [0.15, 0.2) is 28.2 Å². The number of nitrogens with zero attached hydrogens (tertiary/aromatic N) is 5. The Balaban J connectivity index is 0.000000550. The molecular formula is C34H44F6N8O10. The lowest BCUT2D eigenvalue weighted by Crippen LogP contribution is -2.50. The van der Waals surface area contributed by atoms with Gasteiger partial charge in [-0.3, -0.25) is 4.79 Å². The Kier molecular flexibility index (Phi) is 16.3. The Bertz CT molecular complexity index is 1990. The lowest BCUT2D eigenvalue weighted by molar-refractivity contribution is -0.676. The molecule has 4 aromatic rings. The SMILES string of the molecule is CCn1c(CNC(=O)c2nc3cc[nH]c3nc2N)[n+](CC)c2ccc(C3CCN(CC(O)C(O)C(O)C(O)CO)CC3)cc21.O=C(O)C(F)(F)F.O=C([O-])C(F)(F)F. The Morgan fingerprint density at radius 3 is 2.10 bits per heavy atom. The van der Waals surface area contributed by atoms with E-state index in [1.165, 1.54) is 5.56 Å². The van der Waals surface area contributed by atoms with Crippen LogP contribution in [0.1, 0.15) is 54.5 Å². The van der Waals surface area contributed by atoms with Crippen molar-refractivity contribution in [3.05, 3.63) is 47.5 Å². The predicted molar refractivity (Wildman–Crippen MR) is 187 cm³/mol. The lowest BCUT2D eigenvalue weighted by atomic mass is 9.89. The van der Waals surface area contributed by atoms with E-state index in [9.17, 15) is 51.6 Å². The summed E-state index contributed by atoms with van der Waals surface area (Å²) in [6, 6.07) is 8.26. The molecule has 1 fully saturated rings. The minimum atomic E-state index is -5.19. The average molecular weight is 839 g/mol. The van der Waals surface area contributed by atoms with Crippen molar-refractivity contribution >= 4 is 45.9 Å². The van der Waals surface area contributed by atoms with Crippen LogP contribution in [0, 0.1) is 0 Å². The fraction of sp³-hybridized carbons (Fsp3) is 0.529. The summed E-state index contributed by atoms with van der Waals surface area (Å²) in [5.41, 5.74) is 10.6. The van der Waals surface area contributed by atoms with Crippen LogP contribution in [-0.2, 0) is 29.2 Å². The van der Waals surface area contributed by atoms with Crippen molar-refractivity contribution in [3.63, 3.8) is 0 Å². The summed E-state index contributed by atoms with van der Waals surface area (Å²) in [5, 5.41) is 68.0. The number of aromatic amines is 1. The first kappa shape index (κ1) is 47.2. The topological polar surface area (TPSA) is 287 Å². The predicted octanol–water partition coefficient (Wildman–Crippen LogP) is -0.701. The number of aromatic nitrogens is 5. The molecule has 4 atom stereocenters. The number of imidazole rings is 1. The van der Waals surface area contributed by atoms with E-state index in [1.54, 1.807) is 12.3 Å². The van der Waals surface area contributed by atoms with Gasteiger partial charge in [0.1, 0.15) is 36.3 Å². The molecule has 3 aromatic heterocycles. The van der Waals surface area contributed by atoms with E-state index in [-0.39, 0.29) is 24.6 Å². The lowest BCUT2D eigenvalue weighted by Gasteiger charge is -2.35. The summed E-state index contributed by atoms with van der Waals surface area (Å²) >= 11 is 0. The highest BCUT2D eigenvalue weighted by Crippen LogP contribution is 2.31. The van der Waals surface area contributed by atoms with E-state index in [2.05, 4.69) is 61.4 Å². The maximum Gasteiger partial charge on any atom is 0.490 e. The average Bonchev–Trinajstić information content (AvgIpc) is 3.76. The molecule has 1 saturated heterocycles. The highest BCUT2D eigenvalue weighted by Gasteiger charge is 2.38. The van der Waals surface area contributed by atoms with Gasteiger partial charge in [-0.15, -0.1) is 0 Å². The van der Waals surface area contributed by atoms with Crippen molar-refractivity contribution < 1.29 is 81.0 Å². The second-order valence-electron chi connectivity index (χ2n) is 13.0. The second kappa shape index (κ2) is 20.0. The number of nitrogen functional groups attached to an aromatic ring is 1. The summed E-state index contributed by atoms with van der Waals surface area (Å²) in [6.45, 7) is 6.73. The number of aliphatic hydroxyl groups is 5. The van der Waals surface area contributed by atoms with Gasteiger partial charge in [0.25, 0.3) is 11.7 Å². The third kappa shape index (κ3) is 12.0. The van der Waals surface area contributed by atoms with Crippen LogP contribution in [0.5, 0.6) is 0 Å². The highest BCUT2D eigenvalue weighted by molar-refractivity contribution is 5.98. The molecular weight excluding hydrogens is 794 g/mol. The first-order chi connectivity index (χ1) is 27.0. The first-order valence-corrected chi connectivity index (χ1v) is 17.6. The van der Waals surface area contributed by atoms with Crippen LogP contribution in [0.4, 0.5) is 32.2 Å². The summed E-state index contributed by atoms with van der Waals surface area (Å²) in [6.07, 6.45) is -12.8. The van der Waals surface area contributed by atoms with Gasteiger partial charge in [-0.2, -0.15) is 26.3 Å². The third-order valence-electron chi connectivity index (χ3n) is 9.17. The highest BCUT2D eigenvalue weighted by atomic mass is 19.4. The molecule has 0 radical (unpaired) electrons. The largest absolute Gasteiger partial charge is 0.542 e. The van der Waals surface area contributed by atoms with Crippen molar-refractivity contribution in [3.8, 4) is 0 Å². The van der Waals surface area contributed by atoms with Gasteiger partial charge in [-0.25, -0.2) is 23.9 Å². The number of amides is 1. The van der Waals surface area contributed by atoms with Gasteiger partial charge in [0, 0.05) is 12.7 Å². The molecule has 1 aromatic carbocycles. The minimum absolute atomic E-state index is 0.0660. The smallest absolute Gasteiger partial charge is 0.490 e. The molecule has 1 amide bonds. The van der Waals surface area contributed by atoms with Crippen LogP contribution >= 0.6 is 0 Å². The van der Waals surface area contributed by atoms with Crippen molar-refractivity contribution in [2.45, 2.75) is 89.0 Å². The maximum atomic E-state index is 13.1. The number of benzene rings is 1. The molecule has 10 N–H and O–H groups in total. The van der Waals surface area contributed by atoms with Gasteiger partial charge in [-0.1, -0.05) is 6.07 Å². The number of hydrogen-bond donors (Lipinski definition) is 9. The van der Waals surface area contributed by atoms with E-state index in [0.29, 0.717) is 36.7 Å². The number of aryl methyl sites for hydroxylation is 2. The normalized spacial score (nSPS) is 16.1. The van der Waals surface area contributed by atoms with Crippen molar-refractivity contribution in [1.29, 1.82) is 0 Å². The van der Waals surface area contributed by atoms with Crippen LogP contribution in [0.3, 0.4) is 0 Å². The molecule has 1 aliphatic rings. The molecule has 5 rings (SSSR count). The number of nitrogens with two attached hydrogens (primary N) is 1. The van der Waals surface area contributed by atoms with Crippen LogP contribution in [0.15, 0.2) is 30.5 Å². The number of β-amino-alcohol motifs (C(OH)–C–C–N with tert-alkyl or cyclic N) is 1. The molecule has 0 aliphatic carbocycles. The van der Waals surface area contributed by atoms with Crippen LogP contribution in [0.25, 0.3) is 22.2 Å². The number of carboxylic acids is 2. The molecule has 0 spiro atoms. The molecule has 4 heterocycles. The van der Waals surface area contributed by atoms with E-state index >= 15 is 0 Å². The number of nitrogens with one attached hydrogen (secondary N) is 2. The maximum absolute atomic E-state index is 13.1. The minimum Gasteiger partial charge on any atom is -0.542 e. The van der Waals surface area contributed by atoms with E-state index in [4.69, 9.17) is 30.6 Å². The number of hydrogen-bond acceptors (Lipinski definition) is 13. The van der Waals surface area contributed by atoms with Crippen molar-refractivity contribution in [2.75, 3.05) is 32.0 Å². The molecule has 58 heavy (non-hydrogen) atoms. The van der Waals surface area contributed by atoms with E-state index in [0.717, 1.165) is 36.2 Å². The monoisotopic (exact) mass is 838 g/mol. The second-order valence-corrected chi connectivity index (χ2v) is 13.0. The molecule has 4 unspecified atom stereocenters. The molecule has 24 heteroatoms. The molecule has 0 saturated carbocycles. The summed E-state index contributed by atoms with van der Waals surface area (Å²) in [4.78, 5) is 44.4. The third-order valence-corrected chi connectivity index (χ3v) is 9.17. The first-order valence-electron chi connectivity index (χ1n) is 17.6. The number of carbonyl (C=O) groups is 3. The number of rotatable bonds is 12. The zero-order chi connectivity index (χ0) is 43.7. The fourth-order valence-electron chi connectivity index (χ4n) is 6.24. The van der Waals surface area contributed by atoms with Crippen LogP contribution in [0.2, 0.25) is 0 Å².